The van der Waals surface area contributed by atoms with Gasteiger partial charge >= 0.3 is 6.09 Å². The lowest BCUT2D eigenvalue weighted by Gasteiger charge is -2.27. The third-order valence-corrected chi connectivity index (χ3v) is 8.41. The number of amides is 5. The normalized spacial score (nSPS) is 17.7. The Morgan fingerprint density at radius 1 is 1.09 bits per heavy atom. The quantitative estimate of drug-likeness (QED) is 0.339. The molecule has 1 unspecified atom stereocenters. The van der Waals surface area contributed by atoms with Gasteiger partial charge in [0, 0.05) is 30.9 Å². The van der Waals surface area contributed by atoms with Gasteiger partial charge < -0.3 is 25.4 Å². The summed E-state index contributed by atoms with van der Waals surface area (Å²) >= 11 is 7.09. The largest absolute Gasteiger partial charge is 0.442 e. The van der Waals surface area contributed by atoms with Gasteiger partial charge in [0.05, 0.1) is 35.0 Å². The van der Waals surface area contributed by atoms with Gasteiger partial charge in [-0.05, 0) is 55.2 Å². The zero-order valence-electron chi connectivity index (χ0n) is 24.1. The molecule has 0 radical (unpaired) electrons. The molecule has 0 bridgehead atoms. The number of hydrogen-bond acceptors (Lipinski definition) is 9. The fourth-order valence-electron chi connectivity index (χ4n) is 4.66. The first-order valence-electron chi connectivity index (χ1n) is 14.1. The van der Waals surface area contributed by atoms with Gasteiger partial charge in [-0.1, -0.05) is 25.4 Å². The molecule has 5 amide bonds. The maximum atomic E-state index is 13.3. The summed E-state index contributed by atoms with van der Waals surface area (Å²) < 4.78 is 11.1. The lowest BCUT2D eigenvalue weighted by molar-refractivity contribution is -0.129. The van der Waals surface area contributed by atoms with Gasteiger partial charge in [0.25, 0.3) is 11.8 Å². The summed E-state index contributed by atoms with van der Waals surface area (Å²) in [6, 6.07) is 9.46. The first-order valence-corrected chi connectivity index (χ1v) is 15.3. The minimum atomic E-state index is -0.756. The number of cyclic esters (lactones) is 1. The van der Waals surface area contributed by atoms with Gasteiger partial charge in [0.1, 0.15) is 12.7 Å². The van der Waals surface area contributed by atoms with Crippen molar-refractivity contribution in [3.05, 3.63) is 45.6 Å². The van der Waals surface area contributed by atoms with E-state index < -0.39 is 30.1 Å². The van der Waals surface area contributed by atoms with Gasteiger partial charge in [-0.15, -0.1) is 11.3 Å². The molecule has 2 fully saturated rings. The molecule has 0 spiro atoms. The Morgan fingerprint density at radius 2 is 1.79 bits per heavy atom. The van der Waals surface area contributed by atoms with E-state index in [1.54, 1.807) is 41.3 Å². The van der Waals surface area contributed by atoms with Gasteiger partial charge in [-0.25, -0.2) is 4.79 Å². The number of carbonyl (C=O) groups is 5. The second-order valence-corrected chi connectivity index (χ2v) is 12.4. The van der Waals surface area contributed by atoms with E-state index in [9.17, 15) is 24.0 Å². The Morgan fingerprint density at radius 3 is 2.42 bits per heavy atom. The van der Waals surface area contributed by atoms with Crippen LogP contribution in [0.4, 0.5) is 16.2 Å². The number of halogens is 1. The monoisotopic (exact) mass is 633 g/mol. The van der Waals surface area contributed by atoms with Crippen LogP contribution >= 0.6 is 22.9 Å². The van der Waals surface area contributed by atoms with Crippen LogP contribution < -0.4 is 20.9 Å². The van der Waals surface area contributed by atoms with Crippen LogP contribution in [0, 0.1) is 5.92 Å². The molecule has 2 aromatic rings. The average molecular weight is 634 g/mol. The number of rotatable bonds is 12. The minimum absolute atomic E-state index is 0.00708. The van der Waals surface area contributed by atoms with Crippen molar-refractivity contribution in [1.29, 1.82) is 0 Å². The van der Waals surface area contributed by atoms with E-state index in [2.05, 4.69) is 5.32 Å². The molecule has 12 nitrogen and oxygen atoms in total. The van der Waals surface area contributed by atoms with Crippen molar-refractivity contribution in [1.82, 2.24) is 10.2 Å². The van der Waals surface area contributed by atoms with Gasteiger partial charge in [0.15, 0.2) is 0 Å². The van der Waals surface area contributed by atoms with Crippen LogP contribution in [-0.4, -0.2) is 86.2 Å². The van der Waals surface area contributed by atoms with Crippen molar-refractivity contribution in [3.8, 4) is 0 Å². The number of carbonyl (C=O) groups excluding carboxylic acids is 5. The van der Waals surface area contributed by atoms with Crippen molar-refractivity contribution in [3.63, 3.8) is 0 Å². The number of nitrogens with zero attached hydrogens (tertiary/aromatic N) is 3. The first-order chi connectivity index (χ1) is 20.5. The number of benzene rings is 1. The van der Waals surface area contributed by atoms with E-state index >= 15 is 0 Å². The number of hydrogen-bond donors (Lipinski definition) is 2. The first kappa shape index (κ1) is 32.4. The fraction of sp³-hybridized carbons (Fsp3) is 0.483. The van der Waals surface area contributed by atoms with E-state index in [-0.39, 0.29) is 43.8 Å². The lowest BCUT2D eigenvalue weighted by Crippen LogP contribution is -2.44. The van der Waals surface area contributed by atoms with Crippen LogP contribution in [0.5, 0.6) is 0 Å². The molecule has 0 aliphatic carbocycles. The molecule has 2 aliphatic rings. The summed E-state index contributed by atoms with van der Waals surface area (Å²) in [4.78, 5) is 68.0. The summed E-state index contributed by atoms with van der Waals surface area (Å²) in [7, 11) is 0. The highest BCUT2D eigenvalue weighted by molar-refractivity contribution is 7.18. The van der Waals surface area contributed by atoms with E-state index in [4.69, 9.17) is 26.8 Å². The van der Waals surface area contributed by atoms with Crippen molar-refractivity contribution < 1.29 is 33.4 Å². The van der Waals surface area contributed by atoms with Crippen molar-refractivity contribution in [2.75, 3.05) is 49.2 Å². The molecule has 232 valence electrons. The molecule has 0 saturated carbocycles. The second kappa shape index (κ2) is 14.8. The summed E-state index contributed by atoms with van der Waals surface area (Å²) in [5.41, 5.74) is 7.11. The maximum Gasteiger partial charge on any atom is 0.414 e. The highest BCUT2D eigenvalue weighted by Crippen LogP contribution is 2.27. The van der Waals surface area contributed by atoms with Gasteiger partial charge in [-0.2, -0.15) is 0 Å². The van der Waals surface area contributed by atoms with Crippen molar-refractivity contribution in [2.45, 2.75) is 45.3 Å². The number of ether oxygens (including phenoxy) is 2. The summed E-state index contributed by atoms with van der Waals surface area (Å²) in [6.45, 7) is 4.99. The van der Waals surface area contributed by atoms with Crippen LogP contribution in [0.3, 0.4) is 0 Å². The molecule has 43 heavy (non-hydrogen) atoms. The predicted molar refractivity (Wildman–Crippen MR) is 162 cm³/mol. The Labute approximate surface area is 259 Å². The molecule has 1 aromatic carbocycles. The minimum Gasteiger partial charge on any atom is -0.442 e. The number of morpholine rings is 1. The molecule has 2 atom stereocenters. The summed E-state index contributed by atoms with van der Waals surface area (Å²) in [6.07, 6.45) is -0.349. The SMILES string of the molecule is CC(C)C(N)C(=O)NCCCCC(=O)N(C[C@H]1CN(c2ccc(N3CCOCC3=O)cc2)C(=O)O1)C(=O)c1ccc(Cl)s1. The zero-order chi connectivity index (χ0) is 31.1. The second-order valence-electron chi connectivity index (χ2n) is 10.7. The lowest BCUT2D eigenvalue weighted by atomic mass is 10.1. The molecule has 4 rings (SSSR count). The van der Waals surface area contributed by atoms with E-state index in [0.29, 0.717) is 53.1 Å². The number of nitrogens with two attached hydrogens (primary N) is 1. The summed E-state index contributed by atoms with van der Waals surface area (Å²) in [5, 5.41) is 2.77. The van der Waals surface area contributed by atoms with Crippen molar-refractivity contribution in [2.24, 2.45) is 11.7 Å². The van der Waals surface area contributed by atoms with Crippen LogP contribution in [-0.2, 0) is 23.9 Å². The van der Waals surface area contributed by atoms with Gasteiger partial charge in [0.2, 0.25) is 11.8 Å². The maximum absolute atomic E-state index is 13.3. The number of imide groups is 1. The molecular formula is C29H36ClN5O7S. The van der Waals surface area contributed by atoms with E-state index in [0.717, 1.165) is 16.2 Å². The van der Waals surface area contributed by atoms with Crippen LogP contribution in [0.15, 0.2) is 36.4 Å². The average Bonchev–Trinajstić information content (AvgIpc) is 3.59. The Hall–Kier alpha value is -3.52. The molecule has 2 saturated heterocycles. The molecule has 3 N–H and O–H groups in total. The molecule has 3 heterocycles. The third kappa shape index (κ3) is 8.31. The van der Waals surface area contributed by atoms with E-state index in [1.807, 2.05) is 13.8 Å². The number of unbranched alkanes of at least 4 members (excludes halogenated alkanes) is 1. The number of nitrogens with one attached hydrogen (secondary N) is 1. The Kier molecular flexibility index (Phi) is 11.1. The van der Waals surface area contributed by atoms with Crippen LogP contribution in [0.1, 0.15) is 42.8 Å². The Bertz CT molecular complexity index is 1330. The molecule has 2 aliphatic heterocycles. The smallest absolute Gasteiger partial charge is 0.414 e. The zero-order valence-corrected chi connectivity index (χ0v) is 25.7. The number of anilines is 2. The third-order valence-electron chi connectivity index (χ3n) is 7.19. The summed E-state index contributed by atoms with van der Waals surface area (Å²) in [5.74, 6) is -1.32. The van der Waals surface area contributed by atoms with E-state index in [1.165, 1.54) is 4.90 Å². The van der Waals surface area contributed by atoms with Crippen LogP contribution in [0.25, 0.3) is 0 Å². The van der Waals surface area contributed by atoms with Crippen LogP contribution in [0.2, 0.25) is 4.34 Å². The fourth-order valence-corrected chi connectivity index (χ4v) is 5.66. The molecule has 14 heteroatoms. The molecular weight excluding hydrogens is 598 g/mol. The predicted octanol–water partition coefficient (Wildman–Crippen LogP) is 3.03. The Balaban J connectivity index is 1.37. The molecule has 1 aromatic heterocycles. The number of thiophene rings is 1. The van der Waals surface area contributed by atoms with Gasteiger partial charge in [-0.3, -0.25) is 29.0 Å². The topological polar surface area (TPSA) is 152 Å². The van der Waals surface area contributed by atoms with Crippen molar-refractivity contribution >= 4 is 64.0 Å². The standard InChI is InChI=1S/C29H36ClN5O7S/c1-18(2)26(31)27(38)32-12-4-3-5-24(36)35(28(39)22-10-11-23(30)43-22)16-21-15-34(29(40)42-21)20-8-6-19(7-9-20)33-13-14-41-17-25(33)37/h6-11,18,21,26H,3-5,12-17,31H2,1-2H3,(H,32,38)/t21-,26?/m1/s1. The highest BCUT2D eigenvalue weighted by Gasteiger charge is 2.36. The highest BCUT2D eigenvalue weighted by atomic mass is 35.5.